The quantitative estimate of drug-likeness (QED) is 0.166. The SMILES string of the molecule is CCCCCCCCCCc1cc2c(ccc3c4cc(C#Cc5ccccc5)oc4ccc23)o1. The molecule has 0 aliphatic carbocycles. The van der Waals surface area contributed by atoms with Crippen LogP contribution in [0.15, 0.2) is 75.6 Å². The van der Waals surface area contributed by atoms with Crippen molar-refractivity contribution in [3.8, 4) is 11.8 Å². The lowest BCUT2D eigenvalue weighted by atomic mass is 10.0. The standard InChI is InChI=1S/C32H32O2/c1-2-3-4-5-6-7-8-12-15-25-22-29-27-19-21-32-30(28(27)18-20-31(29)33-25)23-26(34-32)17-16-24-13-10-9-11-14-24/h9-11,13-14,18-23H,2-8,12,15H2,1H3. The van der Waals surface area contributed by atoms with Crippen LogP contribution in [-0.4, -0.2) is 0 Å². The molecule has 0 spiro atoms. The third-order valence-electron chi connectivity index (χ3n) is 6.63. The molecule has 2 heterocycles. The summed E-state index contributed by atoms with van der Waals surface area (Å²) in [7, 11) is 0. The molecule has 0 amide bonds. The molecule has 2 aromatic heterocycles. The minimum atomic E-state index is 0.689. The smallest absolute Gasteiger partial charge is 0.178 e. The van der Waals surface area contributed by atoms with Crippen molar-refractivity contribution >= 4 is 32.7 Å². The van der Waals surface area contributed by atoms with Gasteiger partial charge in [0.15, 0.2) is 5.76 Å². The molecular formula is C32H32O2. The summed E-state index contributed by atoms with van der Waals surface area (Å²) >= 11 is 0. The van der Waals surface area contributed by atoms with E-state index in [1.807, 2.05) is 30.3 Å². The fourth-order valence-corrected chi connectivity index (χ4v) is 4.77. The molecule has 34 heavy (non-hydrogen) atoms. The molecule has 5 rings (SSSR count). The molecule has 0 N–H and O–H groups in total. The summed E-state index contributed by atoms with van der Waals surface area (Å²) < 4.78 is 12.2. The number of hydrogen-bond donors (Lipinski definition) is 0. The number of unbranched alkanes of at least 4 members (excludes halogenated alkanes) is 7. The van der Waals surface area contributed by atoms with Crippen molar-refractivity contribution in [2.45, 2.75) is 64.7 Å². The minimum Gasteiger partial charge on any atom is -0.461 e. The molecule has 3 aromatic carbocycles. The molecule has 0 fully saturated rings. The first-order chi connectivity index (χ1) is 16.8. The van der Waals surface area contributed by atoms with E-state index in [0.29, 0.717) is 5.76 Å². The highest BCUT2D eigenvalue weighted by Gasteiger charge is 2.12. The van der Waals surface area contributed by atoms with Crippen molar-refractivity contribution in [3.05, 3.63) is 83.8 Å². The van der Waals surface area contributed by atoms with E-state index in [-0.39, 0.29) is 0 Å². The van der Waals surface area contributed by atoms with Crippen molar-refractivity contribution < 1.29 is 8.83 Å². The van der Waals surface area contributed by atoms with Crippen molar-refractivity contribution in [1.82, 2.24) is 0 Å². The molecule has 0 bridgehead atoms. The average Bonchev–Trinajstić information content (AvgIpc) is 3.48. The Balaban J connectivity index is 1.32. The first kappa shape index (κ1) is 22.4. The number of furan rings is 2. The fraction of sp³-hybridized carbons (Fsp3) is 0.312. The van der Waals surface area contributed by atoms with E-state index in [9.17, 15) is 0 Å². The van der Waals surface area contributed by atoms with Gasteiger partial charge in [-0.25, -0.2) is 0 Å². The van der Waals surface area contributed by atoms with Gasteiger partial charge in [-0.1, -0.05) is 76.0 Å². The summed E-state index contributed by atoms with van der Waals surface area (Å²) in [4.78, 5) is 0. The van der Waals surface area contributed by atoms with Crippen molar-refractivity contribution in [1.29, 1.82) is 0 Å². The summed E-state index contributed by atoms with van der Waals surface area (Å²) in [5, 5.41) is 4.68. The monoisotopic (exact) mass is 448 g/mol. The Morgan fingerprint density at radius 3 is 1.97 bits per heavy atom. The van der Waals surface area contributed by atoms with E-state index in [1.54, 1.807) is 0 Å². The number of hydrogen-bond acceptors (Lipinski definition) is 2. The first-order valence-electron chi connectivity index (χ1n) is 12.8. The van der Waals surface area contributed by atoms with Crippen LogP contribution in [0.4, 0.5) is 0 Å². The van der Waals surface area contributed by atoms with Gasteiger partial charge in [-0.05, 0) is 65.6 Å². The predicted octanol–water partition coefficient (Wildman–Crippen LogP) is 9.42. The Kier molecular flexibility index (Phi) is 7.01. The second kappa shape index (κ2) is 10.7. The lowest BCUT2D eigenvalue weighted by Gasteiger charge is -2.00. The molecule has 2 nitrogen and oxygen atoms in total. The second-order valence-electron chi connectivity index (χ2n) is 9.21. The molecule has 2 heteroatoms. The van der Waals surface area contributed by atoms with Gasteiger partial charge in [0.25, 0.3) is 0 Å². The minimum absolute atomic E-state index is 0.689. The maximum atomic E-state index is 6.19. The highest BCUT2D eigenvalue weighted by atomic mass is 16.3. The van der Waals surface area contributed by atoms with Crippen molar-refractivity contribution in [2.24, 2.45) is 0 Å². The molecular weight excluding hydrogens is 416 g/mol. The third kappa shape index (κ3) is 5.05. The summed E-state index contributed by atoms with van der Waals surface area (Å²) in [6, 6.07) is 22.7. The van der Waals surface area contributed by atoms with E-state index < -0.39 is 0 Å². The highest BCUT2D eigenvalue weighted by Crippen LogP contribution is 2.34. The second-order valence-corrected chi connectivity index (χ2v) is 9.21. The van der Waals surface area contributed by atoms with E-state index >= 15 is 0 Å². The van der Waals surface area contributed by atoms with Crippen LogP contribution >= 0.6 is 0 Å². The van der Waals surface area contributed by atoms with Gasteiger partial charge >= 0.3 is 0 Å². The van der Waals surface area contributed by atoms with Crippen molar-refractivity contribution in [3.63, 3.8) is 0 Å². The maximum absolute atomic E-state index is 6.19. The lowest BCUT2D eigenvalue weighted by molar-refractivity contribution is 0.518. The zero-order valence-electron chi connectivity index (χ0n) is 20.0. The fourth-order valence-electron chi connectivity index (χ4n) is 4.77. The average molecular weight is 449 g/mol. The molecule has 172 valence electrons. The van der Waals surface area contributed by atoms with E-state index in [4.69, 9.17) is 8.83 Å². The van der Waals surface area contributed by atoms with Crippen LogP contribution in [0.25, 0.3) is 32.7 Å². The topological polar surface area (TPSA) is 26.3 Å². The Hall–Kier alpha value is -3.44. The van der Waals surface area contributed by atoms with Gasteiger partial charge in [-0.15, -0.1) is 0 Å². The third-order valence-corrected chi connectivity index (χ3v) is 6.63. The molecule has 0 aliphatic heterocycles. The lowest BCUT2D eigenvalue weighted by Crippen LogP contribution is -1.84. The molecule has 0 atom stereocenters. The summed E-state index contributed by atoms with van der Waals surface area (Å²) in [5.74, 6) is 8.14. The Bertz CT molecular complexity index is 1440. The highest BCUT2D eigenvalue weighted by molar-refractivity contribution is 6.15. The number of benzene rings is 3. The van der Waals surface area contributed by atoms with Crippen LogP contribution in [0, 0.1) is 11.8 Å². The van der Waals surface area contributed by atoms with E-state index in [1.165, 1.54) is 67.5 Å². The predicted molar refractivity (Wildman–Crippen MR) is 142 cm³/mol. The van der Waals surface area contributed by atoms with Gasteiger partial charge in [0.05, 0.1) is 0 Å². The van der Waals surface area contributed by atoms with Crippen LogP contribution in [0.1, 0.15) is 75.4 Å². The zero-order valence-corrected chi connectivity index (χ0v) is 20.0. The molecule has 0 saturated carbocycles. The van der Waals surface area contributed by atoms with Gasteiger partial charge in [0, 0.05) is 28.8 Å². The molecule has 0 radical (unpaired) electrons. The van der Waals surface area contributed by atoms with E-state index in [0.717, 1.165) is 34.3 Å². The van der Waals surface area contributed by atoms with Gasteiger partial charge in [-0.2, -0.15) is 0 Å². The van der Waals surface area contributed by atoms with Crippen LogP contribution in [0.5, 0.6) is 0 Å². The number of rotatable bonds is 9. The largest absolute Gasteiger partial charge is 0.461 e. The molecule has 0 aliphatic rings. The zero-order chi connectivity index (χ0) is 23.2. The summed E-state index contributed by atoms with van der Waals surface area (Å²) in [6.07, 6.45) is 11.6. The van der Waals surface area contributed by atoms with Crippen LogP contribution in [-0.2, 0) is 6.42 Å². The number of aryl methyl sites for hydroxylation is 1. The normalized spacial score (nSPS) is 11.3. The van der Waals surface area contributed by atoms with Crippen LogP contribution < -0.4 is 0 Å². The van der Waals surface area contributed by atoms with E-state index in [2.05, 4.69) is 55.2 Å². The Morgan fingerprint density at radius 1 is 0.588 bits per heavy atom. The van der Waals surface area contributed by atoms with Crippen LogP contribution in [0.3, 0.4) is 0 Å². The van der Waals surface area contributed by atoms with Gasteiger partial charge < -0.3 is 8.83 Å². The van der Waals surface area contributed by atoms with Crippen molar-refractivity contribution in [2.75, 3.05) is 0 Å². The van der Waals surface area contributed by atoms with Gasteiger partial charge in [-0.3, -0.25) is 0 Å². The summed E-state index contributed by atoms with van der Waals surface area (Å²) in [6.45, 7) is 2.27. The number of fused-ring (bicyclic) bond motifs is 5. The van der Waals surface area contributed by atoms with Gasteiger partial charge in [0.1, 0.15) is 16.9 Å². The molecule has 0 unspecified atom stereocenters. The van der Waals surface area contributed by atoms with Gasteiger partial charge in [0.2, 0.25) is 0 Å². The molecule has 0 saturated heterocycles. The van der Waals surface area contributed by atoms with Crippen LogP contribution in [0.2, 0.25) is 0 Å². The maximum Gasteiger partial charge on any atom is 0.178 e. The summed E-state index contributed by atoms with van der Waals surface area (Å²) in [5.41, 5.74) is 2.82. The Morgan fingerprint density at radius 2 is 1.24 bits per heavy atom. The Labute approximate surface area is 202 Å². The molecule has 5 aromatic rings. The first-order valence-corrected chi connectivity index (χ1v) is 12.8.